The molecule has 0 saturated carbocycles. The molecule has 2 nitrogen and oxygen atoms in total. The summed E-state index contributed by atoms with van der Waals surface area (Å²) in [6.07, 6.45) is 1.23. The van der Waals surface area contributed by atoms with Crippen molar-refractivity contribution in [2.24, 2.45) is 5.92 Å². The van der Waals surface area contributed by atoms with Gasteiger partial charge in [-0.1, -0.05) is 42.5 Å². The summed E-state index contributed by atoms with van der Waals surface area (Å²) in [5.41, 5.74) is 3.66. The molecule has 2 aromatic rings. The predicted molar refractivity (Wildman–Crippen MR) is 80.0 cm³/mol. The maximum atomic E-state index is 10.5. The van der Waals surface area contributed by atoms with Crippen LogP contribution in [0.5, 0.6) is 5.75 Å². The standard InChI is InChI=1S/C18H20O2/c1-13-6-2-3-7-14(13)11-17(19)16-10-15-8-4-5-9-18(15)20-12-16/h2-9,16-17,19H,10-12H2,1H3. The van der Waals surface area contributed by atoms with Gasteiger partial charge >= 0.3 is 0 Å². The van der Waals surface area contributed by atoms with Crippen molar-refractivity contribution in [3.8, 4) is 5.75 Å². The molecule has 2 aromatic carbocycles. The van der Waals surface area contributed by atoms with Gasteiger partial charge in [-0.25, -0.2) is 0 Å². The van der Waals surface area contributed by atoms with E-state index in [-0.39, 0.29) is 12.0 Å². The molecule has 20 heavy (non-hydrogen) atoms. The van der Waals surface area contributed by atoms with Crippen molar-refractivity contribution in [2.75, 3.05) is 6.61 Å². The number of aryl methyl sites for hydroxylation is 1. The van der Waals surface area contributed by atoms with Crippen molar-refractivity contribution in [2.45, 2.75) is 25.9 Å². The maximum absolute atomic E-state index is 10.5. The Kier molecular flexibility index (Phi) is 3.75. The van der Waals surface area contributed by atoms with Crippen LogP contribution in [0.2, 0.25) is 0 Å². The molecular formula is C18H20O2. The van der Waals surface area contributed by atoms with Gasteiger partial charge < -0.3 is 9.84 Å². The Balaban J connectivity index is 1.70. The van der Waals surface area contributed by atoms with Crippen molar-refractivity contribution in [1.82, 2.24) is 0 Å². The molecule has 1 heterocycles. The molecule has 0 saturated heterocycles. The number of hydrogen-bond acceptors (Lipinski definition) is 2. The lowest BCUT2D eigenvalue weighted by Crippen LogP contribution is -2.33. The van der Waals surface area contributed by atoms with Gasteiger partial charge in [0.1, 0.15) is 5.75 Å². The van der Waals surface area contributed by atoms with Gasteiger partial charge in [0.15, 0.2) is 0 Å². The van der Waals surface area contributed by atoms with E-state index < -0.39 is 0 Å². The highest BCUT2D eigenvalue weighted by Crippen LogP contribution is 2.29. The second-order valence-electron chi connectivity index (χ2n) is 5.58. The fourth-order valence-corrected chi connectivity index (χ4v) is 2.83. The highest BCUT2D eigenvalue weighted by atomic mass is 16.5. The monoisotopic (exact) mass is 268 g/mol. The van der Waals surface area contributed by atoms with E-state index in [2.05, 4.69) is 25.1 Å². The lowest BCUT2D eigenvalue weighted by Gasteiger charge is -2.29. The van der Waals surface area contributed by atoms with Gasteiger partial charge in [0.05, 0.1) is 12.7 Å². The van der Waals surface area contributed by atoms with Crippen LogP contribution in [0.15, 0.2) is 48.5 Å². The third-order valence-electron chi connectivity index (χ3n) is 4.14. The molecule has 0 radical (unpaired) electrons. The first-order valence-electron chi connectivity index (χ1n) is 7.17. The smallest absolute Gasteiger partial charge is 0.122 e. The van der Waals surface area contributed by atoms with Crippen molar-refractivity contribution < 1.29 is 9.84 Å². The summed E-state index contributed by atoms with van der Waals surface area (Å²) in [6, 6.07) is 16.3. The molecule has 2 atom stereocenters. The molecular weight excluding hydrogens is 248 g/mol. The highest BCUT2D eigenvalue weighted by Gasteiger charge is 2.26. The lowest BCUT2D eigenvalue weighted by molar-refractivity contribution is 0.0651. The first kappa shape index (κ1) is 13.2. The number of aliphatic hydroxyl groups is 1. The molecule has 0 amide bonds. The van der Waals surface area contributed by atoms with Crippen molar-refractivity contribution in [1.29, 1.82) is 0 Å². The average Bonchev–Trinajstić information content (AvgIpc) is 2.49. The summed E-state index contributed by atoms with van der Waals surface area (Å²) in [5.74, 6) is 1.14. The van der Waals surface area contributed by atoms with Crippen LogP contribution in [0.3, 0.4) is 0 Å². The van der Waals surface area contributed by atoms with Crippen LogP contribution in [0.1, 0.15) is 16.7 Å². The molecule has 1 N–H and O–H groups in total. The minimum absolute atomic E-state index is 0.171. The molecule has 2 unspecified atom stereocenters. The van der Waals surface area contributed by atoms with Crippen LogP contribution in [0, 0.1) is 12.8 Å². The molecule has 0 fully saturated rings. The van der Waals surface area contributed by atoms with E-state index in [4.69, 9.17) is 4.74 Å². The van der Waals surface area contributed by atoms with E-state index in [0.717, 1.165) is 12.2 Å². The molecule has 1 aliphatic heterocycles. The average molecular weight is 268 g/mol. The predicted octanol–water partition coefficient (Wildman–Crippen LogP) is 3.15. The third-order valence-corrected chi connectivity index (χ3v) is 4.14. The lowest BCUT2D eigenvalue weighted by atomic mass is 9.88. The van der Waals surface area contributed by atoms with Gasteiger partial charge in [0, 0.05) is 5.92 Å². The van der Waals surface area contributed by atoms with Gasteiger partial charge in [-0.2, -0.15) is 0 Å². The summed E-state index contributed by atoms with van der Waals surface area (Å²) in [5, 5.41) is 10.5. The number of ether oxygens (including phenoxy) is 1. The SMILES string of the molecule is Cc1ccccc1CC(O)C1COc2ccccc2C1. The Morgan fingerprint density at radius 1 is 1.15 bits per heavy atom. The minimum atomic E-state index is -0.357. The van der Waals surface area contributed by atoms with E-state index in [1.807, 2.05) is 30.3 Å². The highest BCUT2D eigenvalue weighted by molar-refractivity contribution is 5.35. The first-order valence-corrected chi connectivity index (χ1v) is 7.17. The van der Waals surface area contributed by atoms with Gasteiger partial charge in [-0.15, -0.1) is 0 Å². The first-order chi connectivity index (χ1) is 9.74. The van der Waals surface area contributed by atoms with E-state index >= 15 is 0 Å². The molecule has 3 rings (SSSR count). The van der Waals surface area contributed by atoms with Gasteiger partial charge in [-0.3, -0.25) is 0 Å². The summed E-state index contributed by atoms with van der Waals surface area (Å²) in [7, 11) is 0. The van der Waals surface area contributed by atoms with Crippen LogP contribution < -0.4 is 4.74 Å². The molecule has 2 heteroatoms. The van der Waals surface area contributed by atoms with E-state index in [1.54, 1.807) is 0 Å². The van der Waals surface area contributed by atoms with E-state index in [0.29, 0.717) is 13.0 Å². The Hall–Kier alpha value is -1.80. The zero-order valence-electron chi connectivity index (χ0n) is 11.8. The van der Waals surface area contributed by atoms with Crippen LogP contribution in [0.25, 0.3) is 0 Å². The van der Waals surface area contributed by atoms with Gasteiger partial charge in [0.2, 0.25) is 0 Å². The van der Waals surface area contributed by atoms with Gasteiger partial charge in [0.25, 0.3) is 0 Å². The van der Waals surface area contributed by atoms with E-state index in [9.17, 15) is 5.11 Å². The quantitative estimate of drug-likeness (QED) is 0.926. The number of fused-ring (bicyclic) bond motifs is 1. The summed E-state index contributed by atoms with van der Waals surface area (Å²) in [6.45, 7) is 2.69. The third kappa shape index (κ3) is 2.70. The molecule has 1 aliphatic rings. The minimum Gasteiger partial charge on any atom is -0.493 e. The molecule has 0 bridgehead atoms. The summed E-state index contributed by atoms with van der Waals surface area (Å²) in [4.78, 5) is 0. The number of benzene rings is 2. The topological polar surface area (TPSA) is 29.5 Å². The molecule has 0 spiro atoms. The largest absolute Gasteiger partial charge is 0.493 e. The molecule has 0 aromatic heterocycles. The second-order valence-corrected chi connectivity index (χ2v) is 5.58. The Morgan fingerprint density at radius 3 is 2.75 bits per heavy atom. The van der Waals surface area contributed by atoms with Crippen LogP contribution >= 0.6 is 0 Å². The fourth-order valence-electron chi connectivity index (χ4n) is 2.83. The second kappa shape index (κ2) is 5.68. The van der Waals surface area contributed by atoms with Gasteiger partial charge in [-0.05, 0) is 42.5 Å². The molecule has 104 valence electrons. The van der Waals surface area contributed by atoms with Crippen molar-refractivity contribution in [3.05, 3.63) is 65.2 Å². The Morgan fingerprint density at radius 2 is 1.90 bits per heavy atom. The summed E-state index contributed by atoms with van der Waals surface area (Å²) < 4.78 is 5.77. The number of aliphatic hydroxyl groups excluding tert-OH is 1. The number of hydrogen-bond donors (Lipinski definition) is 1. The van der Waals surface area contributed by atoms with Crippen molar-refractivity contribution in [3.63, 3.8) is 0 Å². The summed E-state index contributed by atoms with van der Waals surface area (Å²) >= 11 is 0. The fraction of sp³-hybridized carbons (Fsp3) is 0.333. The zero-order chi connectivity index (χ0) is 13.9. The molecule has 0 aliphatic carbocycles. The normalized spacial score (nSPS) is 19.0. The Bertz CT molecular complexity index is 591. The number of rotatable bonds is 3. The van der Waals surface area contributed by atoms with E-state index in [1.165, 1.54) is 16.7 Å². The van der Waals surface area contributed by atoms with Crippen molar-refractivity contribution >= 4 is 0 Å². The number of para-hydroxylation sites is 1. The zero-order valence-corrected chi connectivity index (χ0v) is 11.8. The van der Waals surface area contributed by atoms with Crippen LogP contribution in [-0.4, -0.2) is 17.8 Å². The van der Waals surface area contributed by atoms with Crippen LogP contribution in [-0.2, 0) is 12.8 Å². The van der Waals surface area contributed by atoms with Crippen LogP contribution in [0.4, 0.5) is 0 Å². The Labute approximate surface area is 120 Å². The maximum Gasteiger partial charge on any atom is 0.122 e.